The van der Waals surface area contributed by atoms with E-state index in [-0.39, 0.29) is 5.95 Å². The van der Waals surface area contributed by atoms with Gasteiger partial charge in [0.05, 0.1) is 18.6 Å². The van der Waals surface area contributed by atoms with Crippen LogP contribution in [0.4, 0.5) is 10.3 Å². The molecule has 0 radical (unpaired) electrons. The van der Waals surface area contributed by atoms with E-state index in [2.05, 4.69) is 26.8 Å². The molecule has 0 saturated carbocycles. The summed E-state index contributed by atoms with van der Waals surface area (Å²) in [6.45, 7) is 0.509. The third-order valence-corrected chi connectivity index (χ3v) is 4.30. The molecule has 2 aromatic rings. The summed E-state index contributed by atoms with van der Waals surface area (Å²) in [6.07, 6.45) is -1.65. The fourth-order valence-corrected chi connectivity index (χ4v) is 3.02. The largest absolute Gasteiger partial charge is 0.391 e. The van der Waals surface area contributed by atoms with Crippen molar-refractivity contribution >= 4 is 28.7 Å². The quantitative estimate of drug-likeness (QED) is 0.512. The maximum Gasteiger partial charge on any atom is 0.222 e. The van der Waals surface area contributed by atoms with Gasteiger partial charge in [-0.3, -0.25) is 4.57 Å². The van der Waals surface area contributed by atoms with Crippen molar-refractivity contribution in [3.8, 4) is 11.8 Å². The molecule has 0 bridgehead atoms. The second-order valence-electron chi connectivity index (χ2n) is 5.43. The van der Waals surface area contributed by atoms with Crippen LogP contribution in [0.2, 0.25) is 0 Å². The highest BCUT2D eigenvalue weighted by molar-refractivity contribution is 6.27. The fourth-order valence-electron chi connectivity index (χ4n) is 2.67. The molecule has 3 heterocycles. The molecule has 0 aromatic carbocycles. The molecule has 1 unspecified atom stereocenters. The van der Waals surface area contributed by atoms with Gasteiger partial charge in [0.25, 0.3) is 0 Å². The topological polar surface area (TPSA) is 119 Å². The Morgan fingerprint density at radius 3 is 3.00 bits per heavy atom. The summed E-state index contributed by atoms with van der Waals surface area (Å²) >= 11 is 6.49. The maximum atomic E-state index is 12.5. The number of nitrogen functional groups attached to an aromatic ring is 1. The first-order valence-corrected chi connectivity index (χ1v) is 7.48. The Kier molecular flexibility index (Phi) is 4.31. The number of alkyl halides is 2. The predicted molar refractivity (Wildman–Crippen MR) is 83.7 cm³/mol. The number of hydrogen-bond donors (Lipinski definition) is 3. The molecule has 24 heavy (non-hydrogen) atoms. The Hall–Kier alpha value is -1.99. The molecule has 8 nitrogen and oxygen atoms in total. The Balaban J connectivity index is 2.13. The van der Waals surface area contributed by atoms with Gasteiger partial charge in [0.1, 0.15) is 24.4 Å². The van der Waals surface area contributed by atoms with Gasteiger partial charge in [0.15, 0.2) is 16.7 Å². The highest BCUT2D eigenvalue weighted by Gasteiger charge is 2.57. The van der Waals surface area contributed by atoms with Crippen LogP contribution < -0.4 is 5.73 Å². The summed E-state index contributed by atoms with van der Waals surface area (Å²) in [7, 11) is 0. The molecular formula is C14H15ClFN5O3. The van der Waals surface area contributed by atoms with E-state index in [4.69, 9.17) is 22.1 Å². The van der Waals surface area contributed by atoms with Crippen LogP contribution in [0.5, 0.6) is 0 Å². The lowest BCUT2D eigenvalue weighted by Crippen LogP contribution is -2.43. The molecule has 1 saturated heterocycles. The monoisotopic (exact) mass is 355 g/mol. The summed E-state index contributed by atoms with van der Waals surface area (Å²) in [5, 5.41) is 20.3. The first-order valence-electron chi connectivity index (χ1n) is 7.10. The summed E-state index contributed by atoms with van der Waals surface area (Å²) in [5.41, 5.74) is 6.35. The summed E-state index contributed by atoms with van der Waals surface area (Å²) in [6, 6.07) is 0. The second kappa shape index (κ2) is 6.14. The molecule has 5 atom stereocenters. The smallest absolute Gasteiger partial charge is 0.222 e. The van der Waals surface area contributed by atoms with Gasteiger partial charge in [-0.25, -0.2) is 14.4 Å². The second-order valence-corrected chi connectivity index (χ2v) is 6.06. The van der Waals surface area contributed by atoms with Gasteiger partial charge in [-0.05, 0) is 6.92 Å². The molecule has 1 aliphatic heterocycles. The molecule has 3 rings (SSSR count). The highest BCUT2D eigenvalue weighted by atomic mass is 35.5. The normalized spacial score (nSPS) is 31.0. The number of aliphatic hydroxyl groups excluding tert-OH is 2. The lowest BCUT2D eigenvalue weighted by Gasteiger charge is -2.25. The first kappa shape index (κ1) is 16.9. The van der Waals surface area contributed by atoms with Gasteiger partial charge in [0.2, 0.25) is 5.95 Å². The molecule has 0 spiro atoms. The van der Waals surface area contributed by atoms with Crippen LogP contribution >= 0.6 is 11.6 Å². The van der Waals surface area contributed by atoms with E-state index in [1.807, 2.05) is 0 Å². The minimum atomic E-state index is -1.69. The van der Waals surface area contributed by atoms with Gasteiger partial charge in [-0.1, -0.05) is 23.4 Å². The van der Waals surface area contributed by atoms with E-state index < -0.39 is 36.1 Å². The first-order chi connectivity index (χ1) is 11.4. The summed E-state index contributed by atoms with van der Waals surface area (Å²) in [5.74, 6) is 4.72. The average Bonchev–Trinajstić information content (AvgIpc) is 3.05. The minimum absolute atomic E-state index is 0.0184. The van der Waals surface area contributed by atoms with Gasteiger partial charge in [-0.2, -0.15) is 4.98 Å². The van der Waals surface area contributed by atoms with Gasteiger partial charge in [0, 0.05) is 0 Å². The number of hydrogen-bond acceptors (Lipinski definition) is 7. The third-order valence-electron chi connectivity index (χ3n) is 3.80. The number of halogens is 2. The van der Waals surface area contributed by atoms with Crippen molar-refractivity contribution in [1.29, 1.82) is 0 Å². The Morgan fingerprint density at radius 1 is 1.58 bits per heavy atom. The molecule has 4 N–H and O–H groups in total. The summed E-state index contributed by atoms with van der Waals surface area (Å²) in [4.78, 5) is 10.4. The molecule has 128 valence electrons. The van der Waals surface area contributed by atoms with Crippen molar-refractivity contribution in [1.82, 2.24) is 19.5 Å². The fraction of sp³-hybridized carbons (Fsp3) is 0.500. The molecule has 1 fully saturated rings. The van der Waals surface area contributed by atoms with E-state index in [9.17, 15) is 14.6 Å². The molecule has 2 aromatic heterocycles. The zero-order valence-electron chi connectivity index (χ0n) is 12.6. The number of nitrogens with zero attached hydrogens (tertiary/aromatic N) is 4. The zero-order chi connectivity index (χ0) is 17.5. The van der Waals surface area contributed by atoms with Crippen LogP contribution in [0.1, 0.15) is 13.2 Å². The van der Waals surface area contributed by atoms with Crippen LogP contribution in [0.25, 0.3) is 11.2 Å². The molecule has 0 amide bonds. The number of fused-ring (bicyclic) bond motifs is 1. The Bertz CT molecular complexity index is 820. The molecule has 10 heteroatoms. The lowest BCUT2D eigenvalue weighted by atomic mass is 9.96. The number of aromatic nitrogens is 4. The third kappa shape index (κ3) is 2.57. The number of nitrogens with two attached hydrogens (primary N) is 1. The Labute approximate surface area is 141 Å². The minimum Gasteiger partial charge on any atom is -0.391 e. The number of ether oxygens (including phenoxy) is 1. The van der Waals surface area contributed by atoms with E-state index in [1.165, 1.54) is 24.0 Å². The molecule has 1 aliphatic rings. The van der Waals surface area contributed by atoms with E-state index >= 15 is 0 Å². The van der Waals surface area contributed by atoms with Crippen LogP contribution in [0.15, 0.2) is 12.5 Å². The van der Waals surface area contributed by atoms with E-state index in [0.29, 0.717) is 11.2 Å². The number of imidazole rings is 1. The maximum absolute atomic E-state index is 12.5. The number of aliphatic hydroxyl groups is 2. The van der Waals surface area contributed by atoms with Crippen LogP contribution in [0, 0.1) is 11.8 Å². The van der Waals surface area contributed by atoms with Crippen molar-refractivity contribution in [3.63, 3.8) is 0 Å². The molecule has 0 aliphatic carbocycles. The van der Waals surface area contributed by atoms with Crippen LogP contribution in [-0.2, 0) is 4.74 Å². The van der Waals surface area contributed by atoms with Crippen LogP contribution in [0.3, 0.4) is 0 Å². The van der Waals surface area contributed by atoms with Gasteiger partial charge < -0.3 is 20.7 Å². The summed E-state index contributed by atoms with van der Waals surface area (Å²) < 4.78 is 19.6. The lowest BCUT2D eigenvalue weighted by molar-refractivity contribution is -0.0752. The van der Waals surface area contributed by atoms with Crippen molar-refractivity contribution in [2.45, 2.75) is 36.3 Å². The van der Waals surface area contributed by atoms with Crippen molar-refractivity contribution in [2.24, 2.45) is 0 Å². The van der Waals surface area contributed by atoms with Crippen molar-refractivity contribution < 1.29 is 19.3 Å². The average molecular weight is 356 g/mol. The van der Waals surface area contributed by atoms with Crippen molar-refractivity contribution in [2.75, 3.05) is 12.4 Å². The van der Waals surface area contributed by atoms with E-state index in [1.54, 1.807) is 0 Å². The van der Waals surface area contributed by atoms with E-state index in [0.717, 1.165) is 0 Å². The SMILES string of the molecule is C[C@@H](O)[C@H]1O[C@@H](n2cnc3cnc(N)nc32)C(Cl)(C#CCF)[C@H]1O. The zero-order valence-corrected chi connectivity index (χ0v) is 13.4. The molecular weight excluding hydrogens is 341 g/mol. The van der Waals surface area contributed by atoms with Crippen LogP contribution in [-0.4, -0.2) is 59.6 Å². The predicted octanol–water partition coefficient (Wildman–Crippen LogP) is -0.00190. The number of rotatable bonds is 2. The standard InChI is InChI=1S/C14H15ClFN5O3/c1-7(22)9-10(23)14(15,3-2-4-16)12(24-9)21-6-19-8-5-18-13(17)20-11(8)21/h5-7,9-10,12,22-23H,4H2,1H3,(H2,17,18,20)/t7-,9-,10+,12-,14?/m1/s1. The van der Waals surface area contributed by atoms with Crippen molar-refractivity contribution in [3.05, 3.63) is 12.5 Å². The Morgan fingerprint density at radius 2 is 2.33 bits per heavy atom. The number of anilines is 1. The highest BCUT2D eigenvalue weighted by Crippen LogP contribution is 2.45. The van der Waals surface area contributed by atoms with Gasteiger partial charge in [-0.15, -0.1) is 0 Å². The van der Waals surface area contributed by atoms with Gasteiger partial charge >= 0.3 is 0 Å².